The summed E-state index contributed by atoms with van der Waals surface area (Å²) in [4.78, 5) is 48.3. The van der Waals surface area contributed by atoms with Gasteiger partial charge in [-0.25, -0.2) is 4.79 Å². The van der Waals surface area contributed by atoms with Gasteiger partial charge in [-0.2, -0.15) is 0 Å². The number of carbonyl (C=O) groups excluding carboxylic acids is 3. The van der Waals surface area contributed by atoms with E-state index in [1.807, 2.05) is 0 Å². The smallest absolute Gasteiger partial charge is 0.347 e. The normalized spacial score (nSPS) is 13.1. The van der Waals surface area contributed by atoms with Gasteiger partial charge in [-0.15, -0.1) is 0 Å². The Labute approximate surface area is 154 Å². The summed E-state index contributed by atoms with van der Waals surface area (Å²) in [5.41, 5.74) is -2.41. The molecule has 10 heteroatoms. The van der Waals surface area contributed by atoms with Crippen molar-refractivity contribution in [3.63, 3.8) is 0 Å². The average Bonchev–Trinajstić information content (AvgIpc) is 3.44. The predicted octanol–water partition coefficient (Wildman–Crippen LogP) is 0.139. The van der Waals surface area contributed by atoms with Crippen LogP contribution < -0.4 is 10.9 Å². The minimum absolute atomic E-state index is 0.0672. The van der Waals surface area contributed by atoms with Crippen LogP contribution in [0.5, 0.6) is 11.6 Å². The molecule has 1 amide bonds. The third-order valence-corrected chi connectivity index (χ3v) is 4.18. The SMILES string of the molecule is CCOC(=O)CNC(=O)c1c(O)c(C(=O)OC)c(O)n(CCC2CC2)c1=O. The Bertz CT molecular complexity index is 810. The molecule has 1 aromatic heterocycles. The molecule has 1 saturated carbocycles. The Balaban J connectivity index is 2.42. The Hall–Kier alpha value is -3.04. The fourth-order valence-electron chi connectivity index (χ4n) is 2.57. The van der Waals surface area contributed by atoms with Crippen LogP contribution in [-0.2, 0) is 20.8 Å². The van der Waals surface area contributed by atoms with E-state index in [0.29, 0.717) is 12.3 Å². The Morgan fingerprint density at radius 1 is 1.22 bits per heavy atom. The molecule has 0 saturated heterocycles. The zero-order valence-corrected chi connectivity index (χ0v) is 15.1. The topological polar surface area (TPSA) is 144 Å². The van der Waals surface area contributed by atoms with Crippen LogP contribution in [-0.4, -0.2) is 52.9 Å². The highest BCUT2D eigenvalue weighted by Gasteiger charge is 2.31. The standard InChI is InChI=1S/C17H22N2O8/c1-3-27-10(20)8-18-14(22)11-13(21)12(17(25)26-2)16(24)19(15(11)23)7-6-9-4-5-9/h9,21,24H,3-8H2,1-2H3,(H,18,22). The summed E-state index contributed by atoms with van der Waals surface area (Å²) in [5.74, 6) is -4.28. The van der Waals surface area contributed by atoms with E-state index < -0.39 is 52.7 Å². The maximum absolute atomic E-state index is 12.6. The van der Waals surface area contributed by atoms with Crippen molar-refractivity contribution in [2.75, 3.05) is 20.3 Å². The summed E-state index contributed by atoms with van der Waals surface area (Å²) in [6, 6.07) is 0. The summed E-state index contributed by atoms with van der Waals surface area (Å²) in [7, 11) is 1.03. The first-order valence-electron chi connectivity index (χ1n) is 8.52. The number of hydrogen-bond acceptors (Lipinski definition) is 8. The summed E-state index contributed by atoms with van der Waals surface area (Å²) >= 11 is 0. The van der Waals surface area contributed by atoms with Crippen molar-refractivity contribution in [2.45, 2.75) is 32.7 Å². The molecule has 3 N–H and O–H groups in total. The van der Waals surface area contributed by atoms with Crippen molar-refractivity contribution in [1.82, 2.24) is 9.88 Å². The maximum atomic E-state index is 12.6. The first kappa shape index (κ1) is 20.3. The predicted molar refractivity (Wildman–Crippen MR) is 91.7 cm³/mol. The Morgan fingerprint density at radius 3 is 2.44 bits per heavy atom. The lowest BCUT2D eigenvalue weighted by atomic mass is 10.1. The lowest BCUT2D eigenvalue weighted by Gasteiger charge is -2.15. The molecular formula is C17H22N2O8. The first-order valence-corrected chi connectivity index (χ1v) is 8.52. The number of hydrogen-bond donors (Lipinski definition) is 3. The molecule has 0 bridgehead atoms. The monoisotopic (exact) mass is 382 g/mol. The van der Waals surface area contributed by atoms with Crippen LogP contribution in [0.15, 0.2) is 4.79 Å². The number of rotatable bonds is 8. The van der Waals surface area contributed by atoms with E-state index >= 15 is 0 Å². The number of aromatic nitrogens is 1. The fraction of sp³-hybridized carbons (Fsp3) is 0.529. The largest absolute Gasteiger partial charge is 0.506 e. The second-order valence-corrected chi connectivity index (χ2v) is 6.09. The van der Waals surface area contributed by atoms with E-state index in [1.165, 1.54) is 0 Å². The zero-order chi connectivity index (χ0) is 20.1. The van der Waals surface area contributed by atoms with Crippen molar-refractivity contribution in [1.29, 1.82) is 0 Å². The van der Waals surface area contributed by atoms with E-state index in [0.717, 1.165) is 24.5 Å². The van der Waals surface area contributed by atoms with Crippen LogP contribution >= 0.6 is 0 Å². The van der Waals surface area contributed by atoms with Crippen molar-refractivity contribution in [3.05, 3.63) is 21.5 Å². The number of nitrogens with one attached hydrogen (secondary N) is 1. The second-order valence-electron chi connectivity index (χ2n) is 6.09. The molecule has 0 atom stereocenters. The second kappa shape index (κ2) is 8.56. The van der Waals surface area contributed by atoms with Gasteiger partial charge in [0.1, 0.15) is 12.1 Å². The number of esters is 2. The number of pyridine rings is 1. The van der Waals surface area contributed by atoms with Gasteiger partial charge in [0, 0.05) is 6.54 Å². The van der Waals surface area contributed by atoms with E-state index in [9.17, 15) is 29.4 Å². The van der Waals surface area contributed by atoms with Crippen molar-refractivity contribution < 1.29 is 34.1 Å². The van der Waals surface area contributed by atoms with Crippen LogP contribution in [0.3, 0.4) is 0 Å². The van der Waals surface area contributed by atoms with Gasteiger partial charge >= 0.3 is 11.9 Å². The molecular weight excluding hydrogens is 360 g/mol. The maximum Gasteiger partial charge on any atom is 0.347 e. The molecule has 1 heterocycles. The van der Waals surface area contributed by atoms with Crippen LogP contribution in [0.1, 0.15) is 46.9 Å². The molecule has 27 heavy (non-hydrogen) atoms. The molecule has 1 aromatic rings. The number of carbonyl (C=O) groups is 3. The molecule has 2 rings (SSSR count). The average molecular weight is 382 g/mol. The molecule has 1 aliphatic rings. The van der Waals surface area contributed by atoms with Gasteiger partial charge in [-0.1, -0.05) is 12.8 Å². The minimum Gasteiger partial charge on any atom is -0.506 e. The molecule has 0 aliphatic heterocycles. The molecule has 1 aliphatic carbocycles. The summed E-state index contributed by atoms with van der Waals surface area (Å²) < 4.78 is 10.0. The third kappa shape index (κ3) is 4.57. The Kier molecular flexibility index (Phi) is 6.43. The van der Waals surface area contributed by atoms with Crippen LogP contribution in [0.4, 0.5) is 0 Å². The van der Waals surface area contributed by atoms with E-state index in [4.69, 9.17) is 0 Å². The van der Waals surface area contributed by atoms with Crippen molar-refractivity contribution >= 4 is 17.8 Å². The quantitative estimate of drug-likeness (QED) is 0.539. The summed E-state index contributed by atoms with van der Waals surface area (Å²) in [6.45, 7) is 1.24. The van der Waals surface area contributed by atoms with Gasteiger partial charge in [-0.3, -0.25) is 19.0 Å². The Morgan fingerprint density at radius 2 is 1.89 bits per heavy atom. The lowest BCUT2D eigenvalue weighted by molar-refractivity contribution is -0.141. The van der Waals surface area contributed by atoms with Crippen molar-refractivity contribution in [3.8, 4) is 11.6 Å². The van der Waals surface area contributed by atoms with Gasteiger partial charge < -0.3 is 25.0 Å². The van der Waals surface area contributed by atoms with Gasteiger partial charge in [0.25, 0.3) is 11.5 Å². The van der Waals surface area contributed by atoms with Crippen LogP contribution in [0.2, 0.25) is 0 Å². The highest BCUT2D eigenvalue weighted by Crippen LogP contribution is 2.34. The van der Waals surface area contributed by atoms with Gasteiger partial charge in [-0.05, 0) is 19.3 Å². The molecule has 1 fully saturated rings. The minimum atomic E-state index is -1.11. The number of ether oxygens (including phenoxy) is 2. The number of methoxy groups -OCH3 is 1. The van der Waals surface area contributed by atoms with Gasteiger partial charge in [0.2, 0.25) is 5.88 Å². The molecule has 148 valence electrons. The zero-order valence-electron chi connectivity index (χ0n) is 15.1. The number of nitrogens with zero attached hydrogens (tertiary/aromatic N) is 1. The number of aromatic hydroxyl groups is 2. The number of amides is 1. The van der Waals surface area contributed by atoms with Gasteiger partial charge in [0.05, 0.1) is 13.7 Å². The third-order valence-electron chi connectivity index (χ3n) is 4.18. The first-order chi connectivity index (χ1) is 12.8. The molecule has 0 aromatic carbocycles. The summed E-state index contributed by atoms with van der Waals surface area (Å²) in [5, 5.41) is 22.7. The van der Waals surface area contributed by atoms with Crippen molar-refractivity contribution in [2.24, 2.45) is 5.92 Å². The summed E-state index contributed by atoms with van der Waals surface area (Å²) in [6.07, 6.45) is 2.58. The van der Waals surface area contributed by atoms with Crippen LogP contribution in [0, 0.1) is 5.92 Å². The van der Waals surface area contributed by atoms with Crippen LogP contribution in [0.25, 0.3) is 0 Å². The van der Waals surface area contributed by atoms with Gasteiger partial charge in [0.15, 0.2) is 11.3 Å². The van der Waals surface area contributed by atoms with E-state index in [1.54, 1.807) is 6.92 Å². The highest BCUT2D eigenvalue weighted by molar-refractivity contribution is 6.03. The highest BCUT2D eigenvalue weighted by atomic mass is 16.5. The van der Waals surface area contributed by atoms with E-state index in [-0.39, 0.29) is 13.2 Å². The molecule has 10 nitrogen and oxygen atoms in total. The molecule has 0 unspecified atom stereocenters. The lowest BCUT2D eigenvalue weighted by Crippen LogP contribution is -2.37. The fourth-order valence-corrected chi connectivity index (χ4v) is 2.57. The molecule has 0 spiro atoms. The molecule has 0 radical (unpaired) electrons. The van der Waals surface area contributed by atoms with E-state index in [2.05, 4.69) is 14.8 Å².